The van der Waals surface area contributed by atoms with Gasteiger partial charge in [-0.2, -0.15) is 0 Å². The van der Waals surface area contributed by atoms with Gasteiger partial charge in [-0.15, -0.1) is 24.8 Å². The molecular formula is C18H29Cl2N3O2. The monoisotopic (exact) mass is 389 g/mol. The van der Waals surface area contributed by atoms with Crippen LogP contribution in [0.2, 0.25) is 0 Å². The van der Waals surface area contributed by atoms with Gasteiger partial charge in [0.05, 0.1) is 18.7 Å². The van der Waals surface area contributed by atoms with E-state index in [2.05, 4.69) is 22.3 Å². The average Bonchev–Trinajstić information content (AvgIpc) is 3.35. The van der Waals surface area contributed by atoms with E-state index in [0.29, 0.717) is 6.54 Å². The Morgan fingerprint density at radius 1 is 1.20 bits per heavy atom. The van der Waals surface area contributed by atoms with Crippen molar-refractivity contribution in [1.29, 1.82) is 0 Å². The van der Waals surface area contributed by atoms with Gasteiger partial charge < -0.3 is 15.8 Å². The molecule has 0 bridgehead atoms. The number of piperidine rings is 1. The molecule has 1 aliphatic carbocycles. The second-order valence-corrected chi connectivity index (χ2v) is 6.75. The van der Waals surface area contributed by atoms with E-state index in [-0.39, 0.29) is 36.8 Å². The van der Waals surface area contributed by atoms with E-state index in [0.717, 1.165) is 31.7 Å². The number of likely N-dealkylation sites (tertiary alicyclic amines) is 1. The number of ether oxygens (including phenoxy) is 1. The molecule has 2 fully saturated rings. The predicted octanol–water partition coefficient (Wildman–Crippen LogP) is 2.67. The number of nitrogens with two attached hydrogens (primary N) is 1. The van der Waals surface area contributed by atoms with Crippen LogP contribution in [-0.4, -0.2) is 43.1 Å². The number of hydrogen-bond acceptors (Lipinski definition) is 4. The van der Waals surface area contributed by atoms with Crippen molar-refractivity contribution in [3.63, 3.8) is 0 Å². The van der Waals surface area contributed by atoms with Crippen LogP contribution in [0, 0.1) is 0 Å². The molecule has 3 N–H and O–H groups in total. The Morgan fingerprint density at radius 3 is 2.32 bits per heavy atom. The molecule has 7 heteroatoms. The summed E-state index contributed by atoms with van der Waals surface area (Å²) in [6.07, 6.45) is 5.35. The highest BCUT2D eigenvalue weighted by atomic mass is 35.5. The molecule has 5 nitrogen and oxygen atoms in total. The summed E-state index contributed by atoms with van der Waals surface area (Å²) < 4.78 is 5.25. The average molecular weight is 390 g/mol. The molecule has 1 amide bonds. The lowest BCUT2D eigenvalue weighted by Gasteiger charge is -2.35. The first-order valence-electron chi connectivity index (χ1n) is 8.57. The minimum atomic E-state index is -0.605. The largest absolute Gasteiger partial charge is 0.497 e. The van der Waals surface area contributed by atoms with Gasteiger partial charge in [-0.05, 0) is 56.5 Å². The van der Waals surface area contributed by atoms with Crippen LogP contribution in [0.15, 0.2) is 24.3 Å². The third-order valence-electron chi connectivity index (χ3n) is 5.03. The van der Waals surface area contributed by atoms with Gasteiger partial charge in [0.1, 0.15) is 5.75 Å². The lowest BCUT2D eigenvalue weighted by atomic mass is 10.0. The molecule has 0 spiro atoms. The Labute approximate surface area is 162 Å². The number of rotatable bonds is 6. The molecule has 25 heavy (non-hydrogen) atoms. The summed E-state index contributed by atoms with van der Waals surface area (Å²) in [5.74, 6) is 0.849. The number of benzene rings is 1. The van der Waals surface area contributed by atoms with Gasteiger partial charge in [0.2, 0.25) is 5.91 Å². The first-order chi connectivity index (χ1) is 11.1. The molecular weight excluding hydrogens is 361 g/mol. The van der Waals surface area contributed by atoms with E-state index < -0.39 is 5.54 Å². The second-order valence-electron chi connectivity index (χ2n) is 6.75. The Kier molecular flexibility index (Phi) is 8.48. The summed E-state index contributed by atoms with van der Waals surface area (Å²) in [6, 6.07) is 8.37. The molecule has 1 saturated heterocycles. The number of carbonyl (C=O) groups is 1. The van der Waals surface area contributed by atoms with Gasteiger partial charge in [-0.1, -0.05) is 18.6 Å². The maximum atomic E-state index is 12.2. The van der Waals surface area contributed by atoms with Crippen molar-refractivity contribution in [2.75, 3.05) is 26.7 Å². The molecule has 2 aliphatic rings. The Balaban J connectivity index is 0.00000156. The van der Waals surface area contributed by atoms with Crippen LogP contribution >= 0.6 is 24.8 Å². The van der Waals surface area contributed by atoms with Crippen molar-refractivity contribution in [3.8, 4) is 5.75 Å². The summed E-state index contributed by atoms with van der Waals surface area (Å²) in [5.41, 5.74) is 6.60. The summed E-state index contributed by atoms with van der Waals surface area (Å²) in [6.45, 7) is 2.78. The normalized spacial score (nSPS) is 19.8. The molecule has 1 atom stereocenters. The molecule has 1 heterocycles. The first kappa shape index (κ1) is 22.0. The number of halogens is 2. The van der Waals surface area contributed by atoms with Gasteiger partial charge >= 0.3 is 0 Å². The second kappa shape index (κ2) is 9.62. The van der Waals surface area contributed by atoms with Crippen LogP contribution < -0.4 is 15.8 Å². The maximum absolute atomic E-state index is 12.2. The van der Waals surface area contributed by atoms with Crippen LogP contribution in [0.3, 0.4) is 0 Å². The SMILES string of the molecule is COc1ccc(C(CNC(=O)C2(N)CC2)N2CCCCC2)cc1.Cl.Cl. The van der Waals surface area contributed by atoms with E-state index in [4.69, 9.17) is 10.5 Å². The summed E-state index contributed by atoms with van der Waals surface area (Å²) in [4.78, 5) is 14.6. The fourth-order valence-corrected chi connectivity index (χ4v) is 3.24. The molecule has 1 aromatic rings. The van der Waals surface area contributed by atoms with Crippen molar-refractivity contribution >= 4 is 30.7 Å². The molecule has 3 rings (SSSR count). The van der Waals surface area contributed by atoms with E-state index in [1.54, 1.807) is 7.11 Å². The van der Waals surface area contributed by atoms with Gasteiger partial charge in [0.15, 0.2) is 0 Å². The molecule has 1 aromatic carbocycles. The van der Waals surface area contributed by atoms with Gasteiger partial charge in [0.25, 0.3) is 0 Å². The highest BCUT2D eigenvalue weighted by Gasteiger charge is 2.46. The smallest absolute Gasteiger partial charge is 0.240 e. The predicted molar refractivity (Wildman–Crippen MR) is 105 cm³/mol. The molecule has 1 unspecified atom stereocenters. The summed E-state index contributed by atoms with van der Waals surface area (Å²) >= 11 is 0. The zero-order valence-electron chi connectivity index (χ0n) is 14.7. The zero-order valence-corrected chi connectivity index (χ0v) is 16.3. The third-order valence-corrected chi connectivity index (χ3v) is 5.03. The number of nitrogens with zero attached hydrogens (tertiary/aromatic N) is 1. The van der Waals surface area contributed by atoms with E-state index in [1.165, 1.54) is 24.8 Å². The standard InChI is InChI=1S/C18H27N3O2.2ClH/c1-23-15-7-5-14(6-8-15)16(21-11-3-2-4-12-21)13-20-17(22)18(19)9-10-18;;/h5-8,16H,2-4,9-13,19H2,1H3,(H,20,22);2*1H. The number of hydrogen-bond donors (Lipinski definition) is 2. The fourth-order valence-electron chi connectivity index (χ4n) is 3.24. The molecule has 1 saturated carbocycles. The lowest BCUT2D eigenvalue weighted by molar-refractivity contribution is -0.123. The van der Waals surface area contributed by atoms with E-state index in [1.807, 2.05) is 12.1 Å². The number of amides is 1. The third kappa shape index (κ3) is 5.48. The molecule has 0 aromatic heterocycles. The van der Waals surface area contributed by atoms with Gasteiger partial charge in [-0.25, -0.2) is 0 Å². The van der Waals surface area contributed by atoms with E-state index >= 15 is 0 Å². The van der Waals surface area contributed by atoms with Crippen molar-refractivity contribution < 1.29 is 9.53 Å². The minimum absolute atomic E-state index is 0. The first-order valence-corrected chi connectivity index (χ1v) is 8.57. The van der Waals surface area contributed by atoms with Crippen molar-refractivity contribution in [2.24, 2.45) is 5.73 Å². The number of carbonyl (C=O) groups excluding carboxylic acids is 1. The summed E-state index contributed by atoms with van der Waals surface area (Å²) in [5, 5.41) is 3.07. The Morgan fingerprint density at radius 2 is 1.80 bits per heavy atom. The van der Waals surface area contributed by atoms with Crippen LogP contribution in [-0.2, 0) is 4.79 Å². The highest BCUT2D eigenvalue weighted by Crippen LogP contribution is 2.32. The fraction of sp³-hybridized carbons (Fsp3) is 0.611. The van der Waals surface area contributed by atoms with Crippen LogP contribution in [0.5, 0.6) is 5.75 Å². The van der Waals surface area contributed by atoms with Crippen molar-refractivity contribution in [3.05, 3.63) is 29.8 Å². The lowest BCUT2D eigenvalue weighted by Crippen LogP contribution is -2.47. The maximum Gasteiger partial charge on any atom is 0.240 e. The quantitative estimate of drug-likeness (QED) is 0.784. The van der Waals surface area contributed by atoms with Gasteiger partial charge in [-0.3, -0.25) is 9.69 Å². The number of nitrogens with one attached hydrogen (secondary N) is 1. The minimum Gasteiger partial charge on any atom is -0.497 e. The topological polar surface area (TPSA) is 67.6 Å². The molecule has 0 radical (unpaired) electrons. The molecule has 1 aliphatic heterocycles. The Hall–Kier alpha value is -1.01. The highest BCUT2D eigenvalue weighted by molar-refractivity contribution is 5.89. The Bertz CT molecular complexity index is 544. The van der Waals surface area contributed by atoms with Crippen LogP contribution in [0.1, 0.15) is 43.7 Å². The van der Waals surface area contributed by atoms with Crippen molar-refractivity contribution in [1.82, 2.24) is 10.2 Å². The number of methoxy groups -OCH3 is 1. The zero-order chi connectivity index (χ0) is 16.3. The summed E-state index contributed by atoms with van der Waals surface area (Å²) in [7, 11) is 1.67. The van der Waals surface area contributed by atoms with Crippen LogP contribution in [0.25, 0.3) is 0 Å². The molecule has 142 valence electrons. The van der Waals surface area contributed by atoms with E-state index in [9.17, 15) is 4.79 Å². The van der Waals surface area contributed by atoms with Crippen molar-refractivity contribution in [2.45, 2.75) is 43.7 Å². The van der Waals surface area contributed by atoms with Gasteiger partial charge in [0, 0.05) is 6.54 Å². The van der Waals surface area contributed by atoms with Crippen LogP contribution in [0.4, 0.5) is 0 Å².